The summed E-state index contributed by atoms with van der Waals surface area (Å²) in [6, 6.07) is 0.163. The highest BCUT2D eigenvalue weighted by atomic mass is 16.5. The summed E-state index contributed by atoms with van der Waals surface area (Å²) in [5.74, 6) is 0.139. The second-order valence-electron chi connectivity index (χ2n) is 5.60. The number of hydrogen-bond donors (Lipinski definition) is 2. The Labute approximate surface area is 110 Å². The van der Waals surface area contributed by atoms with Gasteiger partial charge in [0.2, 0.25) is 5.91 Å². The summed E-state index contributed by atoms with van der Waals surface area (Å²) in [7, 11) is 5.69. The number of likely N-dealkylation sites (N-methyl/N-ethyl adjacent to an activating group) is 1. The summed E-state index contributed by atoms with van der Waals surface area (Å²) in [6.45, 7) is 5.18. The minimum Gasteiger partial charge on any atom is -0.384 e. The third kappa shape index (κ3) is 4.23. The van der Waals surface area contributed by atoms with Crippen LogP contribution in [0.2, 0.25) is 0 Å². The third-order valence-electron chi connectivity index (χ3n) is 3.48. The molecule has 0 bridgehead atoms. The van der Waals surface area contributed by atoms with Crippen LogP contribution in [0.3, 0.4) is 0 Å². The fraction of sp³-hybridized carbons (Fsp3) is 0.923. The number of carbonyl (C=O) groups excluding carboxylic acids is 1. The standard InChI is InChI=1S/C13H27N3O2/c1-11(9-16(2)3)15-12(17)13(10-18-4)5-7-14-8-6-13/h11,14H,5-10H2,1-4H3,(H,15,17). The summed E-state index contributed by atoms with van der Waals surface area (Å²) in [5, 5.41) is 6.41. The van der Waals surface area contributed by atoms with Crippen LogP contribution in [0.1, 0.15) is 19.8 Å². The Morgan fingerprint density at radius 1 is 1.44 bits per heavy atom. The van der Waals surface area contributed by atoms with E-state index in [4.69, 9.17) is 4.74 Å². The molecule has 5 heteroatoms. The van der Waals surface area contributed by atoms with E-state index in [1.54, 1.807) is 7.11 Å². The summed E-state index contributed by atoms with van der Waals surface area (Å²) in [5.41, 5.74) is -0.347. The van der Waals surface area contributed by atoms with Gasteiger partial charge in [-0.1, -0.05) is 0 Å². The lowest BCUT2D eigenvalue weighted by Gasteiger charge is -2.36. The number of nitrogens with zero attached hydrogens (tertiary/aromatic N) is 1. The van der Waals surface area contributed by atoms with Crippen LogP contribution in [0.4, 0.5) is 0 Å². The molecule has 1 aliphatic heterocycles. The zero-order valence-corrected chi connectivity index (χ0v) is 12.1. The van der Waals surface area contributed by atoms with Gasteiger partial charge in [0.1, 0.15) is 0 Å². The van der Waals surface area contributed by atoms with Crippen molar-refractivity contribution in [2.24, 2.45) is 5.41 Å². The number of piperidine rings is 1. The topological polar surface area (TPSA) is 53.6 Å². The fourth-order valence-electron chi connectivity index (χ4n) is 2.59. The largest absolute Gasteiger partial charge is 0.384 e. The van der Waals surface area contributed by atoms with Gasteiger partial charge in [-0.2, -0.15) is 0 Å². The van der Waals surface area contributed by atoms with Gasteiger partial charge >= 0.3 is 0 Å². The first-order valence-electron chi connectivity index (χ1n) is 6.65. The van der Waals surface area contributed by atoms with Crippen molar-refractivity contribution in [3.63, 3.8) is 0 Å². The molecule has 0 saturated carbocycles. The van der Waals surface area contributed by atoms with Crippen LogP contribution >= 0.6 is 0 Å². The van der Waals surface area contributed by atoms with Gasteiger partial charge in [0.15, 0.2) is 0 Å². The number of amides is 1. The predicted molar refractivity (Wildman–Crippen MR) is 72.6 cm³/mol. The Bertz CT molecular complexity index is 257. The maximum absolute atomic E-state index is 12.5. The Kier molecular flexibility index (Phi) is 6.05. The summed E-state index contributed by atoms with van der Waals surface area (Å²) < 4.78 is 5.27. The van der Waals surface area contributed by atoms with Gasteiger partial charge in [-0.25, -0.2) is 0 Å². The lowest BCUT2D eigenvalue weighted by Crippen LogP contribution is -2.53. The number of rotatable bonds is 6. The number of hydrogen-bond acceptors (Lipinski definition) is 4. The van der Waals surface area contributed by atoms with E-state index >= 15 is 0 Å². The molecule has 18 heavy (non-hydrogen) atoms. The van der Waals surface area contributed by atoms with E-state index < -0.39 is 0 Å². The number of methoxy groups -OCH3 is 1. The van der Waals surface area contributed by atoms with E-state index in [-0.39, 0.29) is 17.4 Å². The highest BCUT2D eigenvalue weighted by Crippen LogP contribution is 2.29. The van der Waals surface area contributed by atoms with Crippen molar-refractivity contribution >= 4 is 5.91 Å². The molecule has 0 aromatic carbocycles. The molecule has 1 rings (SSSR count). The first-order valence-corrected chi connectivity index (χ1v) is 6.65. The van der Waals surface area contributed by atoms with Gasteiger partial charge < -0.3 is 20.3 Å². The quantitative estimate of drug-likeness (QED) is 0.707. The molecule has 0 aromatic rings. The molecule has 1 amide bonds. The van der Waals surface area contributed by atoms with E-state index in [2.05, 4.69) is 15.5 Å². The van der Waals surface area contributed by atoms with Crippen molar-refractivity contribution in [2.75, 3.05) is 47.4 Å². The van der Waals surface area contributed by atoms with Crippen LogP contribution < -0.4 is 10.6 Å². The van der Waals surface area contributed by atoms with Crippen LogP contribution in [-0.4, -0.2) is 64.3 Å². The average molecular weight is 257 g/mol. The highest BCUT2D eigenvalue weighted by Gasteiger charge is 2.39. The summed E-state index contributed by atoms with van der Waals surface area (Å²) in [4.78, 5) is 14.5. The molecule has 1 saturated heterocycles. The van der Waals surface area contributed by atoms with Crippen molar-refractivity contribution < 1.29 is 9.53 Å². The first-order chi connectivity index (χ1) is 8.50. The van der Waals surface area contributed by atoms with Crippen LogP contribution in [0.25, 0.3) is 0 Å². The average Bonchev–Trinajstić information content (AvgIpc) is 2.29. The Balaban J connectivity index is 2.59. The van der Waals surface area contributed by atoms with Gasteiger partial charge in [-0.15, -0.1) is 0 Å². The molecule has 0 aliphatic carbocycles. The van der Waals surface area contributed by atoms with E-state index in [9.17, 15) is 4.79 Å². The highest BCUT2D eigenvalue weighted by molar-refractivity contribution is 5.83. The van der Waals surface area contributed by atoms with E-state index in [0.29, 0.717) is 6.61 Å². The van der Waals surface area contributed by atoms with Crippen LogP contribution in [0.5, 0.6) is 0 Å². The molecular formula is C13H27N3O2. The third-order valence-corrected chi connectivity index (χ3v) is 3.48. The molecule has 1 fully saturated rings. The molecule has 1 atom stereocenters. The fourth-order valence-corrected chi connectivity index (χ4v) is 2.59. The predicted octanol–water partition coefficient (Wildman–Crippen LogP) is 0.0689. The second-order valence-corrected chi connectivity index (χ2v) is 5.60. The monoisotopic (exact) mass is 257 g/mol. The second kappa shape index (κ2) is 7.07. The Morgan fingerprint density at radius 2 is 2.06 bits per heavy atom. The van der Waals surface area contributed by atoms with Crippen LogP contribution in [-0.2, 0) is 9.53 Å². The molecule has 5 nitrogen and oxygen atoms in total. The van der Waals surface area contributed by atoms with Crippen molar-refractivity contribution in [2.45, 2.75) is 25.8 Å². The zero-order chi connectivity index (χ0) is 13.6. The van der Waals surface area contributed by atoms with Gasteiger partial charge in [0.25, 0.3) is 0 Å². The number of carbonyl (C=O) groups is 1. The summed E-state index contributed by atoms with van der Waals surface area (Å²) >= 11 is 0. The molecule has 1 heterocycles. The lowest BCUT2D eigenvalue weighted by molar-refractivity contribution is -0.136. The van der Waals surface area contributed by atoms with Gasteiger partial charge in [0, 0.05) is 19.7 Å². The van der Waals surface area contributed by atoms with E-state index in [1.807, 2.05) is 21.0 Å². The maximum atomic E-state index is 12.5. The summed E-state index contributed by atoms with van der Waals surface area (Å²) in [6.07, 6.45) is 1.70. The molecule has 2 N–H and O–H groups in total. The van der Waals surface area contributed by atoms with E-state index in [1.165, 1.54) is 0 Å². The molecule has 1 aliphatic rings. The SMILES string of the molecule is COCC1(C(=O)NC(C)CN(C)C)CCNCC1. The van der Waals surface area contributed by atoms with Crippen molar-refractivity contribution in [1.82, 2.24) is 15.5 Å². The molecule has 0 aromatic heterocycles. The van der Waals surface area contributed by atoms with Crippen molar-refractivity contribution in [3.8, 4) is 0 Å². The van der Waals surface area contributed by atoms with Gasteiger partial charge in [0.05, 0.1) is 12.0 Å². The lowest BCUT2D eigenvalue weighted by atomic mass is 9.78. The van der Waals surface area contributed by atoms with Crippen molar-refractivity contribution in [1.29, 1.82) is 0 Å². The van der Waals surface area contributed by atoms with E-state index in [0.717, 1.165) is 32.5 Å². The van der Waals surface area contributed by atoms with Crippen LogP contribution in [0, 0.1) is 5.41 Å². The molecule has 0 radical (unpaired) electrons. The molecule has 0 spiro atoms. The Morgan fingerprint density at radius 3 is 2.56 bits per heavy atom. The smallest absolute Gasteiger partial charge is 0.228 e. The zero-order valence-electron chi connectivity index (χ0n) is 12.1. The number of nitrogens with one attached hydrogen (secondary N) is 2. The normalized spacial score (nSPS) is 20.7. The molecule has 106 valence electrons. The maximum Gasteiger partial charge on any atom is 0.228 e. The molecule has 1 unspecified atom stereocenters. The number of ether oxygens (including phenoxy) is 1. The van der Waals surface area contributed by atoms with Crippen LogP contribution in [0.15, 0.2) is 0 Å². The minimum atomic E-state index is -0.347. The van der Waals surface area contributed by atoms with Gasteiger partial charge in [-0.3, -0.25) is 4.79 Å². The van der Waals surface area contributed by atoms with Gasteiger partial charge in [-0.05, 0) is 47.0 Å². The molecular weight excluding hydrogens is 230 g/mol. The van der Waals surface area contributed by atoms with Crippen molar-refractivity contribution in [3.05, 3.63) is 0 Å². The first kappa shape index (κ1) is 15.4. The Hall–Kier alpha value is -0.650. The minimum absolute atomic E-state index is 0.139.